The predicted octanol–water partition coefficient (Wildman–Crippen LogP) is 5.71. The van der Waals surface area contributed by atoms with Crippen LogP contribution in [0, 0.1) is 10.1 Å². The highest BCUT2D eigenvalue weighted by Crippen LogP contribution is 2.20. The molecule has 1 aromatic heterocycles. The Kier molecular flexibility index (Phi) is 8.24. The van der Waals surface area contributed by atoms with Crippen LogP contribution in [0.15, 0.2) is 93.0 Å². The fourth-order valence-corrected chi connectivity index (χ4v) is 3.77. The molecular formula is C25H19Br2N5O4. The average molecular weight is 613 g/mol. The van der Waals surface area contributed by atoms with Crippen LogP contribution < -0.4 is 10.2 Å². The van der Waals surface area contributed by atoms with Crippen molar-refractivity contribution >= 4 is 49.7 Å². The van der Waals surface area contributed by atoms with Gasteiger partial charge in [-0.2, -0.15) is 10.2 Å². The summed E-state index contributed by atoms with van der Waals surface area (Å²) in [5, 5.41) is 19.6. The minimum atomic E-state index is -0.791. The van der Waals surface area contributed by atoms with Crippen LogP contribution in [0.5, 0.6) is 5.75 Å². The Bertz CT molecular complexity index is 1400. The fraction of sp³-hybridized carbons (Fsp3) is 0.0800. The molecule has 0 saturated heterocycles. The molecule has 4 rings (SSSR count). The molecule has 0 aliphatic heterocycles. The van der Waals surface area contributed by atoms with Gasteiger partial charge >= 0.3 is 5.69 Å². The predicted molar refractivity (Wildman–Crippen MR) is 142 cm³/mol. The number of carbonyl (C=O) groups is 1. The summed E-state index contributed by atoms with van der Waals surface area (Å²) < 4.78 is 9.14. The number of hydrogen-bond acceptors (Lipinski definition) is 6. The third-order valence-electron chi connectivity index (χ3n) is 5.01. The maximum Gasteiger partial charge on any atom is 0.320 e. The van der Waals surface area contributed by atoms with E-state index >= 15 is 0 Å². The smallest absolute Gasteiger partial charge is 0.320 e. The monoisotopic (exact) mass is 611 g/mol. The first-order chi connectivity index (χ1) is 17.4. The lowest BCUT2D eigenvalue weighted by Gasteiger charge is -2.09. The van der Waals surface area contributed by atoms with E-state index in [-0.39, 0.29) is 12.2 Å². The van der Waals surface area contributed by atoms with Crippen LogP contribution in [-0.4, -0.2) is 26.8 Å². The Morgan fingerprint density at radius 2 is 1.67 bits per heavy atom. The van der Waals surface area contributed by atoms with Crippen molar-refractivity contribution < 1.29 is 14.5 Å². The zero-order valence-electron chi connectivity index (χ0n) is 18.7. The molecule has 0 saturated carbocycles. The van der Waals surface area contributed by atoms with E-state index < -0.39 is 16.5 Å². The van der Waals surface area contributed by atoms with Crippen LogP contribution >= 0.6 is 31.9 Å². The molecule has 11 heteroatoms. The third kappa shape index (κ3) is 6.64. The maximum atomic E-state index is 12.6. The minimum absolute atomic E-state index is 0.272. The molecule has 0 spiro atoms. The molecule has 1 amide bonds. The lowest BCUT2D eigenvalue weighted by Crippen LogP contribution is -2.20. The van der Waals surface area contributed by atoms with E-state index in [1.165, 1.54) is 17.1 Å². The van der Waals surface area contributed by atoms with Crippen LogP contribution in [-0.2, 0) is 13.2 Å². The number of amides is 1. The van der Waals surface area contributed by atoms with E-state index in [9.17, 15) is 14.9 Å². The number of para-hydroxylation sites is 1. The zero-order valence-corrected chi connectivity index (χ0v) is 21.8. The maximum absolute atomic E-state index is 12.6. The minimum Gasteiger partial charge on any atom is -0.488 e. The molecule has 0 aliphatic rings. The van der Waals surface area contributed by atoms with Gasteiger partial charge in [-0.05, 0) is 47.5 Å². The number of ether oxygens (including phenoxy) is 1. The van der Waals surface area contributed by atoms with Crippen molar-refractivity contribution in [3.8, 4) is 5.75 Å². The Morgan fingerprint density at radius 1 is 1.03 bits per heavy atom. The highest BCUT2D eigenvalue weighted by molar-refractivity contribution is 9.10. The highest BCUT2D eigenvalue weighted by atomic mass is 79.9. The SMILES string of the molecule is O=C(N/N=C\c1ccccc1OCc1ccc(Br)cc1)c1nn(Cc2ccc(Br)cc2)cc1[N+](=O)[O-]. The van der Waals surface area contributed by atoms with Gasteiger partial charge in [0.15, 0.2) is 0 Å². The van der Waals surface area contributed by atoms with E-state index in [1.807, 2.05) is 60.7 Å². The topological polar surface area (TPSA) is 112 Å². The van der Waals surface area contributed by atoms with Gasteiger partial charge in [0.05, 0.1) is 17.7 Å². The molecule has 4 aromatic rings. The van der Waals surface area contributed by atoms with E-state index in [4.69, 9.17) is 4.74 Å². The number of carbonyl (C=O) groups excluding carboxylic acids is 1. The summed E-state index contributed by atoms with van der Waals surface area (Å²) in [7, 11) is 0. The van der Waals surface area contributed by atoms with Crippen LogP contribution in [0.25, 0.3) is 0 Å². The van der Waals surface area contributed by atoms with Crippen molar-refractivity contribution in [1.29, 1.82) is 0 Å². The van der Waals surface area contributed by atoms with Crippen LogP contribution in [0.3, 0.4) is 0 Å². The molecular weight excluding hydrogens is 594 g/mol. The van der Waals surface area contributed by atoms with Gasteiger partial charge in [0.2, 0.25) is 5.69 Å². The number of hydrazone groups is 1. The second-order valence-electron chi connectivity index (χ2n) is 7.60. The molecule has 0 atom stereocenters. The number of rotatable bonds is 9. The van der Waals surface area contributed by atoms with Gasteiger partial charge in [-0.15, -0.1) is 0 Å². The summed E-state index contributed by atoms with van der Waals surface area (Å²) in [6.45, 7) is 0.625. The zero-order chi connectivity index (χ0) is 25.5. The molecule has 0 fully saturated rings. The average Bonchev–Trinajstić information content (AvgIpc) is 3.30. The standard InChI is InChI=1S/C25H19Br2N5O4/c26-20-9-5-17(6-10-20)14-31-15-22(32(34)35)24(30-31)25(33)29-28-13-19-3-1-2-4-23(19)36-16-18-7-11-21(27)12-8-18/h1-13,15H,14,16H2,(H,29,33)/b28-13-. The van der Waals surface area contributed by atoms with Crippen LogP contribution in [0.2, 0.25) is 0 Å². The van der Waals surface area contributed by atoms with Crippen molar-refractivity contribution in [2.45, 2.75) is 13.2 Å². The van der Waals surface area contributed by atoms with E-state index in [2.05, 4.69) is 47.5 Å². The number of nitro groups is 1. The third-order valence-corrected chi connectivity index (χ3v) is 6.07. The largest absolute Gasteiger partial charge is 0.488 e. The van der Waals surface area contributed by atoms with Gasteiger partial charge < -0.3 is 4.74 Å². The lowest BCUT2D eigenvalue weighted by atomic mass is 10.2. The summed E-state index contributed by atoms with van der Waals surface area (Å²) in [6.07, 6.45) is 2.64. The second-order valence-corrected chi connectivity index (χ2v) is 9.43. The summed E-state index contributed by atoms with van der Waals surface area (Å²) in [4.78, 5) is 23.5. The van der Waals surface area contributed by atoms with E-state index in [0.717, 1.165) is 20.1 Å². The van der Waals surface area contributed by atoms with Gasteiger partial charge in [-0.1, -0.05) is 68.3 Å². The van der Waals surface area contributed by atoms with E-state index in [1.54, 1.807) is 12.1 Å². The molecule has 3 aromatic carbocycles. The highest BCUT2D eigenvalue weighted by Gasteiger charge is 2.25. The Morgan fingerprint density at radius 3 is 2.33 bits per heavy atom. The Labute approximate surface area is 223 Å². The number of hydrogen-bond donors (Lipinski definition) is 1. The quantitative estimate of drug-likeness (QED) is 0.148. The van der Waals surface area contributed by atoms with Crippen molar-refractivity contribution in [3.05, 3.63) is 120 Å². The van der Waals surface area contributed by atoms with Gasteiger partial charge in [0.25, 0.3) is 5.91 Å². The van der Waals surface area contributed by atoms with E-state index in [0.29, 0.717) is 17.9 Å². The molecule has 0 aliphatic carbocycles. The molecule has 0 radical (unpaired) electrons. The number of nitrogens with one attached hydrogen (secondary N) is 1. The van der Waals surface area contributed by atoms with Gasteiger partial charge in [0.1, 0.15) is 18.6 Å². The molecule has 182 valence electrons. The Balaban J connectivity index is 1.44. The number of nitrogens with zero attached hydrogens (tertiary/aromatic N) is 4. The van der Waals surface area contributed by atoms with Crippen molar-refractivity contribution in [2.75, 3.05) is 0 Å². The first-order valence-electron chi connectivity index (χ1n) is 10.6. The summed E-state index contributed by atoms with van der Waals surface area (Å²) in [6, 6.07) is 22.4. The van der Waals surface area contributed by atoms with Crippen molar-refractivity contribution in [3.63, 3.8) is 0 Å². The van der Waals surface area contributed by atoms with Crippen LogP contribution in [0.4, 0.5) is 5.69 Å². The number of aromatic nitrogens is 2. The molecule has 0 unspecified atom stereocenters. The summed E-state index contributed by atoms with van der Waals surface area (Å²) in [5.74, 6) is -0.219. The molecule has 36 heavy (non-hydrogen) atoms. The Hall–Kier alpha value is -3.83. The fourth-order valence-electron chi connectivity index (χ4n) is 3.24. The van der Waals surface area contributed by atoms with Crippen molar-refractivity contribution in [1.82, 2.24) is 15.2 Å². The summed E-state index contributed by atoms with van der Waals surface area (Å²) in [5.41, 5.74) is 4.08. The van der Waals surface area contributed by atoms with Gasteiger partial charge in [-0.3, -0.25) is 19.6 Å². The second kappa shape index (κ2) is 11.7. The van der Waals surface area contributed by atoms with Gasteiger partial charge in [-0.25, -0.2) is 5.43 Å². The molecule has 9 nitrogen and oxygen atoms in total. The first kappa shape index (κ1) is 25.3. The molecule has 1 heterocycles. The summed E-state index contributed by atoms with van der Waals surface area (Å²) >= 11 is 6.77. The number of benzene rings is 3. The first-order valence-corrected chi connectivity index (χ1v) is 12.2. The lowest BCUT2D eigenvalue weighted by molar-refractivity contribution is -0.385. The van der Waals surface area contributed by atoms with Crippen molar-refractivity contribution in [2.24, 2.45) is 5.10 Å². The molecule has 1 N–H and O–H groups in total. The van der Waals surface area contributed by atoms with Gasteiger partial charge in [0, 0.05) is 14.5 Å². The van der Waals surface area contributed by atoms with Crippen LogP contribution in [0.1, 0.15) is 27.2 Å². The normalized spacial score (nSPS) is 10.9. The number of halogens is 2. The molecule has 0 bridgehead atoms.